The minimum atomic E-state index is -0.338. The molecule has 35 heavy (non-hydrogen) atoms. The zero-order chi connectivity index (χ0) is 24.7. The lowest BCUT2D eigenvalue weighted by Crippen LogP contribution is -2.08. The van der Waals surface area contributed by atoms with E-state index in [-0.39, 0.29) is 5.97 Å². The van der Waals surface area contributed by atoms with Crippen molar-refractivity contribution < 1.29 is 14.3 Å². The Balaban J connectivity index is 1.43. The standard InChI is InChI=1S/C31H39NO3/c1-3-5-6-7-8-9-10-11-12-25-13-16-28(17-14-25)31(33)35-29-20-18-27(19-21-29)30-22-15-26(23-32-30)24-34-4-2/h13-23H,3-12,24H2,1-2H3. The number of ether oxygens (including phenoxy) is 2. The van der Waals surface area contributed by atoms with Crippen LogP contribution in [0.15, 0.2) is 66.9 Å². The first-order valence-corrected chi connectivity index (χ1v) is 13.1. The SMILES string of the molecule is CCCCCCCCCCc1ccc(C(=O)Oc2ccc(-c3ccc(COCC)cn3)cc2)cc1. The van der Waals surface area contributed by atoms with Gasteiger partial charge in [0.2, 0.25) is 0 Å². The lowest BCUT2D eigenvalue weighted by molar-refractivity contribution is 0.0734. The number of benzene rings is 2. The van der Waals surface area contributed by atoms with Crippen LogP contribution in [0.25, 0.3) is 11.3 Å². The molecule has 0 aliphatic carbocycles. The Morgan fingerprint density at radius 1 is 0.743 bits per heavy atom. The predicted molar refractivity (Wildman–Crippen MR) is 143 cm³/mol. The molecule has 3 aromatic rings. The zero-order valence-corrected chi connectivity index (χ0v) is 21.3. The van der Waals surface area contributed by atoms with Gasteiger partial charge in [0.15, 0.2) is 0 Å². The molecule has 0 saturated heterocycles. The van der Waals surface area contributed by atoms with E-state index in [1.165, 1.54) is 56.9 Å². The van der Waals surface area contributed by atoms with Crippen molar-refractivity contribution in [3.05, 3.63) is 83.6 Å². The molecule has 0 N–H and O–H groups in total. The van der Waals surface area contributed by atoms with E-state index in [1.807, 2.05) is 61.7 Å². The third-order valence-electron chi connectivity index (χ3n) is 6.17. The van der Waals surface area contributed by atoms with Gasteiger partial charge in [-0.2, -0.15) is 0 Å². The fourth-order valence-corrected chi connectivity index (χ4v) is 4.03. The average molecular weight is 474 g/mol. The molecule has 3 rings (SSSR count). The van der Waals surface area contributed by atoms with Crippen LogP contribution in [0.2, 0.25) is 0 Å². The lowest BCUT2D eigenvalue weighted by atomic mass is 10.0. The minimum Gasteiger partial charge on any atom is -0.423 e. The fourth-order valence-electron chi connectivity index (χ4n) is 4.03. The molecule has 186 valence electrons. The maximum atomic E-state index is 12.6. The Bertz CT molecular complexity index is 995. The molecule has 0 aliphatic rings. The topological polar surface area (TPSA) is 48.4 Å². The number of hydrogen-bond donors (Lipinski definition) is 0. The predicted octanol–water partition coefficient (Wildman–Crippen LogP) is 8.19. The maximum Gasteiger partial charge on any atom is 0.343 e. The summed E-state index contributed by atoms with van der Waals surface area (Å²) in [5, 5.41) is 0. The molecule has 0 atom stereocenters. The number of carbonyl (C=O) groups is 1. The fraction of sp³-hybridized carbons (Fsp3) is 0.419. The molecule has 0 saturated carbocycles. The van der Waals surface area contributed by atoms with Gasteiger partial charge in [-0.1, -0.05) is 70.1 Å². The van der Waals surface area contributed by atoms with Crippen LogP contribution in [-0.4, -0.2) is 17.6 Å². The minimum absolute atomic E-state index is 0.338. The summed E-state index contributed by atoms with van der Waals surface area (Å²) in [5.41, 5.74) is 4.73. The number of esters is 1. The Morgan fingerprint density at radius 2 is 1.40 bits per heavy atom. The normalized spacial score (nSPS) is 10.9. The van der Waals surface area contributed by atoms with Gasteiger partial charge in [0.05, 0.1) is 17.9 Å². The molecule has 0 fully saturated rings. The first-order chi connectivity index (χ1) is 17.2. The van der Waals surface area contributed by atoms with Crippen molar-refractivity contribution >= 4 is 5.97 Å². The van der Waals surface area contributed by atoms with Gasteiger partial charge in [-0.15, -0.1) is 0 Å². The number of aryl methyl sites for hydroxylation is 1. The highest BCUT2D eigenvalue weighted by Gasteiger charge is 2.09. The Kier molecular flexibility index (Phi) is 11.5. The summed E-state index contributed by atoms with van der Waals surface area (Å²) in [5.74, 6) is 0.185. The van der Waals surface area contributed by atoms with Crippen LogP contribution >= 0.6 is 0 Å². The van der Waals surface area contributed by atoms with Crippen LogP contribution in [0.4, 0.5) is 0 Å². The van der Waals surface area contributed by atoms with E-state index in [0.29, 0.717) is 24.5 Å². The van der Waals surface area contributed by atoms with Crippen molar-refractivity contribution in [2.24, 2.45) is 0 Å². The summed E-state index contributed by atoms with van der Waals surface area (Å²) in [6, 6.07) is 19.3. The number of aromatic nitrogens is 1. The summed E-state index contributed by atoms with van der Waals surface area (Å²) in [6.45, 7) is 5.49. The van der Waals surface area contributed by atoms with Crippen LogP contribution < -0.4 is 4.74 Å². The number of unbranched alkanes of at least 4 members (excludes halogenated alkanes) is 7. The summed E-state index contributed by atoms with van der Waals surface area (Å²) in [7, 11) is 0. The highest BCUT2D eigenvalue weighted by atomic mass is 16.5. The maximum absolute atomic E-state index is 12.6. The van der Waals surface area contributed by atoms with Gasteiger partial charge in [-0.25, -0.2) is 4.79 Å². The van der Waals surface area contributed by atoms with Crippen molar-refractivity contribution in [3.8, 4) is 17.0 Å². The number of rotatable bonds is 15. The van der Waals surface area contributed by atoms with Crippen molar-refractivity contribution in [2.45, 2.75) is 78.2 Å². The lowest BCUT2D eigenvalue weighted by Gasteiger charge is -2.07. The molecule has 0 radical (unpaired) electrons. The van der Waals surface area contributed by atoms with Gasteiger partial charge in [-0.3, -0.25) is 4.98 Å². The van der Waals surface area contributed by atoms with Crippen molar-refractivity contribution in [2.75, 3.05) is 6.61 Å². The molecule has 0 spiro atoms. The van der Waals surface area contributed by atoms with Crippen molar-refractivity contribution in [1.29, 1.82) is 0 Å². The van der Waals surface area contributed by atoms with Gasteiger partial charge < -0.3 is 9.47 Å². The van der Waals surface area contributed by atoms with E-state index in [0.717, 1.165) is 23.2 Å². The smallest absolute Gasteiger partial charge is 0.343 e. The van der Waals surface area contributed by atoms with Crippen LogP contribution in [0.5, 0.6) is 5.75 Å². The van der Waals surface area contributed by atoms with Gasteiger partial charge in [0.1, 0.15) is 5.75 Å². The highest BCUT2D eigenvalue weighted by molar-refractivity contribution is 5.91. The van der Waals surface area contributed by atoms with Crippen molar-refractivity contribution in [1.82, 2.24) is 4.98 Å². The van der Waals surface area contributed by atoms with E-state index >= 15 is 0 Å². The van der Waals surface area contributed by atoms with Gasteiger partial charge in [0.25, 0.3) is 0 Å². The summed E-state index contributed by atoms with van der Waals surface area (Å²) in [4.78, 5) is 17.1. The first-order valence-electron chi connectivity index (χ1n) is 13.1. The highest BCUT2D eigenvalue weighted by Crippen LogP contribution is 2.22. The zero-order valence-electron chi connectivity index (χ0n) is 21.3. The van der Waals surface area contributed by atoms with E-state index < -0.39 is 0 Å². The molecular weight excluding hydrogens is 434 g/mol. The van der Waals surface area contributed by atoms with Gasteiger partial charge in [-0.05, 0) is 73.4 Å². The van der Waals surface area contributed by atoms with Crippen molar-refractivity contribution in [3.63, 3.8) is 0 Å². The van der Waals surface area contributed by atoms with E-state index in [4.69, 9.17) is 9.47 Å². The second-order valence-corrected chi connectivity index (χ2v) is 9.02. The quantitative estimate of drug-likeness (QED) is 0.127. The average Bonchev–Trinajstić information content (AvgIpc) is 2.90. The van der Waals surface area contributed by atoms with Crippen LogP contribution in [0.1, 0.15) is 86.7 Å². The Labute approximate surface area is 210 Å². The molecule has 0 bridgehead atoms. The number of pyridine rings is 1. The second kappa shape index (κ2) is 15.1. The van der Waals surface area contributed by atoms with E-state index in [1.54, 1.807) is 12.1 Å². The van der Waals surface area contributed by atoms with E-state index in [9.17, 15) is 4.79 Å². The summed E-state index contributed by atoms with van der Waals surface area (Å²) in [6.07, 6.45) is 13.5. The molecule has 1 aromatic heterocycles. The van der Waals surface area contributed by atoms with Crippen LogP contribution in [0, 0.1) is 0 Å². The Hall–Kier alpha value is -2.98. The molecule has 4 nitrogen and oxygen atoms in total. The number of hydrogen-bond acceptors (Lipinski definition) is 4. The third-order valence-corrected chi connectivity index (χ3v) is 6.17. The second-order valence-electron chi connectivity index (χ2n) is 9.02. The van der Waals surface area contributed by atoms with Gasteiger partial charge in [0, 0.05) is 18.4 Å². The largest absolute Gasteiger partial charge is 0.423 e. The molecule has 0 aliphatic heterocycles. The monoisotopic (exact) mass is 473 g/mol. The van der Waals surface area contributed by atoms with Crippen LogP contribution in [0.3, 0.4) is 0 Å². The molecule has 0 amide bonds. The molecule has 2 aromatic carbocycles. The number of carbonyl (C=O) groups excluding carboxylic acids is 1. The van der Waals surface area contributed by atoms with E-state index in [2.05, 4.69) is 11.9 Å². The third kappa shape index (κ3) is 9.29. The molecule has 1 heterocycles. The van der Waals surface area contributed by atoms with Crippen LogP contribution in [-0.2, 0) is 17.8 Å². The molecular formula is C31H39NO3. The first kappa shape index (κ1) is 26.6. The van der Waals surface area contributed by atoms with Gasteiger partial charge >= 0.3 is 5.97 Å². The summed E-state index contributed by atoms with van der Waals surface area (Å²) < 4.78 is 11.0. The number of nitrogens with zero attached hydrogens (tertiary/aromatic N) is 1. The molecule has 0 unspecified atom stereocenters. The Morgan fingerprint density at radius 3 is 2.03 bits per heavy atom. The summed E-state index contributed by atoms with van der Waals surface area (Å²) >= 11 is 0. The molecule has 4 heteroatoms.